The van der Waals surface area contributed by atoms with Crippen molar-refractivity contribution in [3.05, 3.63) is 36.9 Å². The summed E-state index contributed by atoms with van der Waals surface area (Å²) >= 11 is 0. The second-order valence-corrected chi connectivity index (χ2v) is 6.23. The van der Waals surface area contributed by atoms with E-state index in [1.165, 1.54) is 21.3 Å². The molecule has 0 amide bonds. The second-order valence-electron chi connectivity index (χ2n) is 3.32. The average molecular weight is 268 g/mol. The Labute approximate surface area is 107 Å². The lowest BCUT2D eigenvalue weighted by Crippen LogP contribution is -2.54. The standard InChI is InChI=1S/C12H16O5Si/c1-5-12(13)17-10-6-8-11(9-7-10)18(14-2,15-3)16-4/h5-9H,1H2,2-4H3. The molecule has 0 atom stereocenters. The minimum absolute atomic E-state index is 0.426. The number of ether oxygens (including phenoxy) is 1. The van der Waals surface area contributed by atoms with Crippen LogP contribution in [0.4, 0.5) is 0 Å². The lowest BCUT2D eigenvalue weighted by atomic mass is 10.3. The normalized spacial score (nSPS) is 11.1. The molecule has 98 valence electrons. The van der Waals surface area contributed by atoms with Gasteiger partial charge in [0.05, 0.1) is 0 Å². The molecule has 6 heteroatoms. The summed E-state index contributed by atoms with van der Waals surface area (Å²) in [6, 6.07) is 6.79. The van der Waals surface area contributed by atoms with Gasteiger partial charge in [0.1, 0.15) is 5.75 Å². The Kier molecular flexibility index (Phi) is 5.23. The van der Waals surface area contributed by atoms with Gasteiger partial charge in [-0.05, 0) is 12.1 Å². The molecule has 0 saturated carbocycles. The molecule has 0 saturated heterocycles. The molecule has 1 aromatic rings. The third kappa shape index (κ3) is 3.05. The molecule has 18 heavy (non-hydrogen) atoms. The topological polar surface area (TPSA) is 54.0 Å². The highest BCUT2D eigenvalue weighted by Crippen LogP contribution is 2.12. The van der Waals surface area contributed by atoms with E-state index in [4.69, 9.17) is 18.0 Å². The monoisotopic (exact) mass is 268 g/mol. The Balaban J connectivity index is 2.94. The predicted molar refractivity (Wildman–Crippen MR) is 68.7 cm³/mol. The maximum absolute atomic E-state index is 11.0. The lowest BCUT2D eigenvalue weighted by Gasteiger charge is -2.24. The Morgan fingerprint density at radius 1 is 1.11 bits per heavy atom. The molecular weight excluding hydrogens is 252 g/mol. The van der Waals surface area contributed by atoms with E-state index in [1.54, 1.807) is 24.3 Å². The van der Waals surface area contributed by atoms with Gasteiger partial charge in [-0.25, -0.2) is 4.79 Å². The van der Waals surface area contributed by atoms with E-state index in [0.29, 0.717) is 5.75 Å². The number of hydrogen-bond acceptors (Lipinski definition) is 5. The fourth-order valence-electron chi connectivity index (χ4n) is 1.49. The van der Waals surface area contributed by atoms with Crippen molar-refractivity contribution in [2.24, 2.45) is 0 Å². The van der Waals surface area contributed by atoms with Crippen LogP contribution >= 0.6 is 0 Å². The summed E-state index contributed by atoms with van der Waals surface area (Å²) in [4.78, 5) is 11.0. The molecule has 1 rings (SSSR count). The highest BCUT2D eigenvalue weighted by Gasteiger charge is 2.40. The van der Waals surface area contributed by atoms with Crippen molar-refractivity contribution in [3.63, 3.8) is 0 Å². The van der Waals surface area contributed by atoms with Crippen LogP contribution in [0.1, 0.15) is 0 Å². The number of carbonyl (C=O) groups is 1. The third-order valence-electron chi connectivity index (χ3n) is 2.40. The van der Waals surface area contributed by atoms with E-state index < -0.39 is 14.8 Å². The van der Waals surface area contributed by atoms with Gasteiger partial charge in [0, 0.05) is 32.6 Å². The van der Waals surface area contributed by atoms with Gasteiger partial charge in [-0.3, -0.25) is 0 Å². The Morgan fingerprint density at radius 3 is 2.00 bits per heavy atom. The van der Waals surface area contributed by atoms with Crippen molar-refractivity contribution in [3.8, 4) is 5.75 Å². The van der Waals surface area contributed by atoms with E-state index in [2.05, 4.69) is 6.58 Å². The quantitative estimate of drug-likeness (QED) is 0.331. The maximum Gasteiger partial charge on any atom is 0.536 e. The number of rotatable bonds is 6. The number of benzene rings is 1. The molecule has 0 aliphatic carbocycles. The number of esters is 1. The molecule has 0 aromatic heterocycles. The summed E-state index contributed by atoms with van der Waals surface area (Å²) in [5.41, 5.74) is 0. The Morgan fingerprint density at radius 2 is 1.61 bits per heavy atom. The van der Waals surface area contributed by atoms with E-state index in [1.807, 2.05) is 0 Å². The van der Waals surface area contributed by atoms with Crippen molar-refractivity contribution in [2.45, 2.75) is 0 Å². The van der Waals surface area contributed by atoms with Gasteiger partial charge in [0.25, 0.3) is 0 Å². The first kappa shape index (κ1) is 14.6. The fourth-order valence-corrected chi connectivity index (χ4v) is 3.27. The van der Waals surface area contributed by atoms with Crippen LogP contribution in [0.2, 0.25) is 0 Å². The third-order valence-corrected chi connectivity index (χ3v) is 5.05. The minimum Gasteiger partial charge on any atom is -0.423 e. The number of carbonyl (C=O) groups excluding carboxylic acids is 1. The molecule has 0 aliphatic rings. The van der Waals surface area contributed by atoms with Crippen molar-refractivity contribution >= 4 is 20.0 Å². The van der Waals surface area contributed by atoms with Crippen molar-refractivity contribution in [1.82, 2.24) is 0 Å². The fraction of sp³-hybridized carbons (Fsp3) is 0.250. The summed E-state index contributed by atoms with van der Waals surface area (Å²) in [6.07, 6.45) is 1.10. The van der Waals surface area contributed by atoms with Crippen LogP contribution in [-0.2, 0) is 18.1 Å². The van der Waals surface area contributed by atoms with Gasteiger partial charge in [-0.15, -0.1) is 0 Å². The first-order valence-electron chi connectivity index (χ1n) is 5.22. The van der Waals surface area contributed by atoms with Crippen LogP contribution in [-0.4, -0.2) is 36.1 Å². The molecule has 5 nitrogen and oxygen atoms in total. The van der Waals surface area contributed by atoms with Gasteiger partial charge >= 0.3 is 14.8 Å². The van der Waals surface area contributed by atoms with Crippen LogP contribution in [0.3, 0.4) is 0 Å². The largest absolute Gasteiger partial charge is 0.536 e. The summed E-state index contributed by atoms with van der Waals surface area (Å²) in [5.74, 6) is -0.0775. The Hall–Kier alpha value is -1.47. The van der Waals surface area contributed by atoms with Gasteiger partial charge in [0.2, 0.25) is 0 Å². The molecule has 0 N–H and O–H groups in total. The lowest BCUT2D eigenvalue weighted by molar-refractivity contribution is -0.128. The van der Waals surface area contributed by atoms with Crippen LogP contribution in [0.25, 0.3) is 0 Å². The van der Waals surface area contributed by atoms with Gasteiger partial charge in [-0.1, -0.05) is 18.7 Å². The van der Waals surface area contributed by atoms with Crippen LogP contribution in [0.5, 0.6) is 5.75 Å². The van der Waals surface area contributed by atoms with E-state index in [-0.39, 0.29) is 0 Å². The second kappa shape index (κ2) is 6.46. The molecule has 0 unspecified atom stereocenters. The average Bonchev–Trinajstić information content (AvgIpc) is 2.43. The van der Waals surface area contributed by atoms with Crippen molar-refractivity contribution in [2.75, 3.05) is 21.3 Å². The van der Waals surface area contributed by atoms with E-state index in [9.17, 15) is 4.79 Å². The van der Waals surface area contributed by atoms with Crippen LogP contribution < -0.4 is 9.92 Å². The molecule has 1 aromatic carbocycles. The highest BCUT2D eigenvalue weighted by molar-refractivity contribution is 6.75. The van der Waals surface area contributed by atoms with Gasteiger partial charge in [-0.2, -0.15) is 0 Å². The first-order chi connectivity index (χ1) is 8.61. The molecule has 0 radical (unpaired) electrons. The molecule has 0 fully saturated rings. The zero-order valence-corrected chi connectivity index (χ0v) is 11.6. The molecule has 0 aliphatic heterocycles. The van der Waals surface area contributed by atoms with Gasteiger partial charge < -0.3 is 18.0 Å². The highest BCUT2D eigenvalue weighted by atomic mass is 28.4. The summed E-state index contributed by atoms with van der Waals surface area (Å²) < 4.78 is 21.0. The van der Waals surface area contributed by atoms with Crippen molar-refractivity contribution < 1.29 is 22.8 Å². The van der Waals surface area contributed by atoms with Crippen LogP contribution in [0, 0.1) is 0 Å². The van der Waals surface area contributed by atoms with Crippen molar-refractivity contribution in [1.29, 1.82) is 0 Å². The molecule has 0 spiro atoms. The smallest absolute Gasteiger partial charge is 0.423 e. The number of hydrogen-bond donors (Lipinski definition) is 0. The summed E-state index contributed by atoms with van der Waals surface area (Å²) in [6.45, 7) is 3.33. The molecule has 0 bridgehead atoms. The van der Waals surface area contributed by atoms with E-state index >= 15 is 0 Å². The van der Waals surface area contributed by atoms with E-state index in [0.717, 1.165) is 11.3 Å². The summed E-state index contributed by atoms with van der Waals surface area (Å²) in [7, 11) is 1.77. The van der Waals surface area contributed by atoms with Gasteiger partial charge in [0.15, 0.2) is 0 Å². The molecule has 0 heterocycles. The van der Waals surface area contributed by atoms with Crippen LogP contribution in [0.15, 0.2) is 36.9 Å². The predicted octanol–water partition coefficient (Wildman–Crippen LogP) is 0.863. The molecular formula is C12H16O5Si. The first-order valence-corrected chi connectivity index (χ1v) is 6.94. The zero-order valence-electron chi connectivity index (χ0n) is 10.6. The minimum atomic E-state index is -2.83. The zero-order chi connectivity index (χ0) is 13.6. The SMILES string of the molecule is C=CC(=O)Oc1ccc([Si](OC)(OC)OC)cc1. The summed E-state index contributed by atoms with van der Waals surface area (Å²) in [5, 5.41) is 0.786. The maximum atomic E-state index is 11.0. The Bertz CT molecular complexity index is 403.